The third kappa shape index (κ3) is 1.69. The maximum Gasteiger partial charge on any atom is 0.123 e. The lowest BCUT2D eigenvalue weighted by Crippen LogP contribution is -2.13. The molecule has 1 aliphatic rings. The Hall–Kier alpha value is -0.590. The molecule has 0 aromatic rings. The van der Waals surface area contributed by atoms with Gasteiger partial charge in [-0.25, -0.2) is 0 Å². The van der Waals surface area contributed by atoms with Crippen LogP contribution in [0.3, 0.4) is 0 Å². The summed E-state index contributed by atoms with van der Waals surface area (Å²) in [7, 11) is 0. The van der Waals surface area contributed by atoms with Gasteiger partial charge in [0.1, 0.15) is 6.29 Å². The van der Waals surface area contributed by atoms with Crippen molar-refractivity contribution in [1.29, 1.82) is 0 Å². The minimum Gasteiger partial charge on any atom is -0.303 e. The molecule has 2 unspecified atom stereocenters. The fourth-order valence-electron chi connectivity index (χ4n) is 1.41. The molecule has 56 valence electrons. The molecule has 0 aromatic carbocycles. The minimum atomic E-state index is 0.255. The molecule has 0 heterocycles. The van der Waals surface area contributed by atoms with Crippen molar-refractivity contribution in [2.24, 2.45) is 11.8 Å². The molecule has 0 bridgehead atoms. The monoisotopic (exact) mass is 138 g/mol. The Labute approximate surface area is 62.1 Å². The maximum atomic E-state index is 10.4. The zero-order valence-electron chi connectivity index (χ0n) is 6.42. The normalized spacial score (nSPS) is 27.9. The summed E-state index contributed by atoms with van der Waals surface area (Å²) < 4.78 is 0. The van der Waals surface area contributed by atoms with E-state index in [1.54, 1.807) is 0 Å². The maximum absolute atomic E-state index is 10.4. The number of rotatable bonds is 2. The van der Waals surface area contributed by atoms with E-state index in [0.29, 0.717) is 5.92 Å². The lowest BCUT2D eigenvalue weighted by molar-refractivity contribution is -0.112. The summed E-state index contributed by atoms with van der Waals surface area (Å²) in [6.45, 7) is 2.01. The second-order valence-electron chi connectivity index (χ2n) is 3.04. The van der Waals surface area contributed by atoms with E-state index in [1.165, 1.54) is 6.42 Å². The average molecular weight is 138 g/mol. The molecule has 0 N–H and O–H groups in total. The van der Waals surface area contributed by atoms with Crippen molar-refractivity contribution >= 4 is 6.29 Å². The van der Waals surface area contributed by atoms with Crippen LogP contribution in [0.4, 0.5) is 0 Å². The molecule has 1 aliphatic carbocycles. The highest BCUT2D eigenvalue weighted by Crippen LogP contribution is 2.24. The van der Waals surface area contributed by atoms with Gasteiger partial charge in [0.05, 0.1) is 0 Å². The highest BCUT2D eigenvalue weighted by atomic mass is 16.1. The summed E-state index contributed by atoms with van der Waals surface area (Å²) in [4.78, 5) is 10.4. The second-order valence-corrected chi connectivity index (χ2v) is 3.04. The highest BCUT2D eigenvalue weighted by molar-refractivity contribution is 5.53. The predicted octanol–water partition coefficient (Wildman–Crippen LogP) is 2.18. The van der Waals surface area contributed by atoms with Gasteiger partial charge in [0.2, 0.25) is 0 Å². The van der Waals surface area contributed by atoms with E-state index in [2.05, 4.69) is 12.2 Å². The first-order chi connectivity index (χ1) is 4.84. The van der Waals surface area contributed by atoms with Gasteiger partial charge in [-0.2, -0.15) is 0 Å². The third-order valence-corrected chi connectivity index (χ3v) is 2.27. The smallest absolute Gasteiger partial charge is 0.123 e. The van der Waals surface area contributed by atoms with Crippen LogP contribution < -0.4 is 0 Å². The van der Waals surface area contributed by atoms with E-state index in [1.807, 2.05) is 6.92 Å². The molecule has 2 atom stereocenters. The Morgan fingerprint density at radius 1 is 1.60 bits per heavy atom. The third-order valence-electron chi connectivity index (χ3n) is 2.27. The summed E-state index contributed by atoms with van der Waals surface area (Å²) in [5, 5.41) is 0. The first kappa shape index (κ1) is 7.52. The van der Waals surface area contributed by atoms with Crippen molar-refractivity contribution < 1.29 is 4.79 Å². The van der Waals surface area contributed by atoms with Crippen LogP contribution in [0.1, 0.15) is 26.2 Å². The molecule has 0 amide bonds. The van der Waals surface area contributed by atoms with Crippen LogP contribution in [0, 0.1) is 11.8 Å². The number of carbonyl (C=O) groups excluding carboxylic acids is 1. The van der Waals surface area contributed by atoms with Gasteiger partial charge in [-0.3, -0.25) is 0 Å². The van der Waals surface area contributed by atoms with Gasteiger partial charge in [0.25, 0.3) is 0 Å². The molecule has 0 fully saturated rings. The van der Waals surface area contributed by atoms with Crippen LogP contribution in [0.25, 0.3) is 0 Å². The van der Waals surface area contributed by atoms with Gasteiger partial charge in [-0.15, -0.1) is 0 Å². The molecule has 0 aliphatic heterocycles. The molecule has 0 saturated carbocycles. The Balaban J connectivity index is 2.40. The SMILES string of the molecule is CC(C=O)C1CC=CCC1. The van der Waals surface area contributed by atoms with Crippen molar-refractivity contribution in [3.8, 4) is 0 Å². The summed E-state index contributed by atoms with van der Waals surface area (Å²) in [6, 6.07) is 0. The average Bonchev–Trinajstić information content (AvgIpc) is 2.05. The zero-order valence-corrected chi connectivity index (χ0v) is 6.42. The Bertz CT molecular complexity index is 138. The fourth-order valence-corrected chi connectivity index (χ4v) is 1.41. The van der Waals surface area contributed by atoms with E-state index in [0.717, 1.165) is 19.1 Å². The van der Waals surface area contributed by atoms with E-state index < -0.39 is 0 Å². The lowest BCUT2D eigenvalue weighted by atomic mass is 9.85. The predicted molar refractivity (Wildman–Crippen MR) is 41.7 cm³/mol. The summed E-state index contributed by atoms with van der Waals surface area (Å²) in [5.74, 6) is 0.868. The van der Waals surface area contributed by atoms with Crippen LogP contribution >= 0.6 is 0 Å². The number of aldehydes is 1. The first-order valence-corrected chi connectivity index (χ1v) is 3.95. The molecule has 0 spiro atoms. The van der Waals surface area contributed by atoms with Gasteiger partial charge in [0.15, 0.2) is 0 Å². The summed E-state index contributed by atoms with van der Waals surface area (Å²) in [5.41, 5.74) is 0. The van der Waals surface area contributed by atoms with Crippen LogP contribution in [0.5, 0.6) is 0 Å². The van der Waals surface area contributed by atoms with Gasteiger partial charge in [-0.05, 0) is 25.2 Å². The van der Waals surface area contributed by atoms with Crippen LogP contribution in [0.2, 0.25) is 0 Å². The lowest BCUT2D eigenvalue weighted by Gasteiger charge is -2.19. The number of carbonyl (C=O) groups is 1. The quantitative estimate of drug-likeness (QED) is 0.422. The molecule has 1 nitrogen and oxygen atoms in total. The van der Waals surface area contributed by atoms with Gasteiger partial charge in [-0.1, -0.05) is 19.1 Å². The van der Waals surface area contributed by atoms with Gasteiger partial charge >= 0.3 is 0 Å². The van der Waals surface area contributed by atoms with Gasteiger partial charge < -0.3 is 4.79 Å². The van der Waals surface area contributed by atoms with Crippen molar-refractivity contribution in [3.63, 3.8) is 0 Å². The Morgan fingerprint density at radius 3 is 2.90 bits per heavy atom. The van der Waals surface area contributed by atoms with E-state index in [4.69, 9.17) is 0 Å². The standard InChI is InChI=1S/C9H14O/c1-8(7-10)9-5-3-2-4-6-9/h2-3,7-9H,4-6H2,1H3. The molecule has 1 rings (SSSR count). The molecular weight excluding hydrogens is 124 g/mol. The summed E-state index contributed by atoms with van der Waals surface area (Å²) in [6.07, 6.45) is 8.91. The molecule has 0 radical (unpaired) electrons. The fraction of sp³-hybridized carbons (Fsp3) is 0.667. The van der Waals surface area contributed by atoms with Crippen LogP contribution in [0.15, 0.2) is 12.2 Å². The number of allylic oxidation sites excluding steroid dienone is 2. The van der Waals surface area contributed by atoms with Crippen LogP contribution in [-0.4, -0.2) is 6.29 Å². The number of hydrogen-bond donors (Lipinski definition) is 0. The first-order valence-electron chi connectivity index (χ1n) is 3.95. The van der Waals surface area contributed by atoms with Crippen molar-refractivity contribution in [2.75, 3.05) is 0 Å². The summed E-state index contributed by atoms with van der Waals surface area (Å²) >= 11 is 0. The highest BCUT2D eigenvalue weighted by Gasteiger charge is 2.15. The van der Waals surface area contributed by atoms with Crippen molar-refractivity contribution in [2.45, 2.75) is 26.2 Å². The molecule has 0 saturated heterocycles. The van der Waals surface area contributed by atoms with E-state index >= 15 is 0 Å². The minimum absolute atomic E-state index is 0.255. The molecule has 10 heavy (non-hydrogen) atoms. The topological polar surface area (TPSA) is 17.1 Å². The number of hydrogen-bond acceptors (Lipinski definition) is 1. The molecular formula is C9H14O. The van der Waals surface area contributed by atoms with Crippen molar-refractivity contribution in [3.05, 3.63) is 12.2 Å². The molecule has 1 heteroatoms. The largest absolute Gasteiger partial charge is 0.303 e. The Kier molecular flexibility index (Phi) is 2.67. The zero-order chi connectivity index (χ0) is 7.40. The van der Waals surface area contributed by atoms with Gasteiger partial charge in [0, 0.05) is 5.92 Å². The van der Waals surface area contributed by atoms with E-state index in [-0.39, 0.29) is 5.92 Å². The van der Waals surface area contributed by atoms with Crippen LogP contribution in [-0.2, 0) is 4.79 Å². The van der Waals surface area contributed by atoms with E-state index in [9.17, 15) is 4.79 Å². The van der Waals surface area contributed by atoms with Crippen molar-refractivity contribution in [1.82, 2.24) is 0 Å². The second kappa shape index (κ2) is 3.55. The Morgan fingerprint density at radius 2 is 2.40 bits per heavy atom. The molecule has 0 aromatic heterocycles.